The second kappa shape index (κ2) is 5.94. The standard InChI is InChI=1S/C16H26N2S/c1-12(2)16-4-3-9-18(16)11-15-8-7-14(19-15)10-17-13-5-6-13/h7-8,12-13,16-17H,3-6,9-11H2,1-2H3. The normalized spacial score (nSPS) is 24.5. The first kappa shape index (κ1) is 13.6. The Morgan fingerprint density at radius 1 is 1.26 bits per heavy atom. The Hall–Kier alpha value is -0.380. The Morgan fingerprint density at radius 3 is 2.79 bits per heavy atom. The van der Waals surface area contributed by atoms with Gasteiger partial charge in [0.05, 0.1) is 0 Å². The van der Waals surface area contributed by atoms with Gasteiger partial charge in [0.1, 0.15) is 0 Å². The van der Waals surface area contributed by atoms with Gasteiger partial charge in [-0.2, -0.15) is 0 Å². The first-order valence-corrected chi connectivity index (χ1v) is 8.59. The van der Waals surface area contributed by atoms with E-state index in [1.807, 2.05) is 11.3 Å². The molecular formula is C16H26N2S. The van der Waals surface area contributed by atoms with E-state index in [1.165, 1.54) is 37.1 Å². The number of rotatable bonds is 6. The van der Waals surface area contributed by atoms with E-state index in [2.05, 4.69) is 36.2 Å². The van der Waals surface area contributed by atoms with Crippen LogP contribution in [-0.2, 0) is 13.1 Å². The number of likely N-dealkylation sites (tertiary alicyclic amines) is 1. The van der Waals surface area contributed by atoms with Crippen LogP contribution >= 0.6 is 11.3 Å². The molecule has 3 heteroatoms. The number of nitrogens with one attached hydrogen (secondary N) is 1. The van der Waals surface area contributed by atoms with Crippen LogP contribution in [0.5, 0.6) is 0 Å². The highest BCUT2D eigenvalue weighted by Crippen LogP contribution is 2.28. The predicted molar refractivity (Wildman–Crippen MR) is 82.5 cm³/mol. The van der Waals surface area contributed by atoms with Crippen molar-refractivity contribution in [2.75, 3.05) is 6.54 Å². The zero-order chi connectivity index (χ0) is 13.2. The molecule has 2 aliphatic rings. The first-order valence-electron chi connectivity index (χ1n) is 7.77. The van der Waals surface area contributed by atoms with Crippen LogP contribution in [0.15, 0.2) is 12.1 Å². The van der Waals surface area contributed by atoms with Gasteiger partial charge in [-0.1, -0.05) is 13.8 Å². The van der Waals surface area contributed by atoms with Crippen molar-refractivity contribution in [3.63, 3.8) is 0 Å². The average Bonchev–Trinajstić information content (AvgIpc) is 2.91. The molecule has 0 bridgehead atoms. The molecule has 0 spiro atoms. The lowest BCUT2D eigenvalue weighted by atomic mass is 10.0. The quantitative estimate of drug-likeness (QED) is 0.855. The van der Waals surface area contributed by atoms with Gasteiger partial charge < -0.3 is 5.32 Å². The molecule has 1 saturated heterocycles. The van der Waals surface area contributed by atoms with E-state index in [-0.39, 0.29) is 0 Å². The van der Waals surface area contributed by atoms with Crippen LogP contribution in [0.4, 0.5) is 0 Å². The van der Waals surface area contributed by atoms with Gasteiger partial charge in [-0.3, -0.25) is 4.90 Å². The zero-order valence-electron chi connectivity index (χ0n) is 12.2. The van der Waals surface area contributed by atoms with Crippen molar-refractivity contribution in [1.29, 1.82) is 0 Å². The zero-order valence-corrected chi connectivity index (χ0v) is 13.0. The molecule has 2 fully saturated rings. The number of hydrogen-bond acceptors (Lipinski definition) is 3. The number of nitrogens with zero attached hydrogens (tertiary/aromatic N) is 1. The molecule has 2 nitrogen and oxygen atoms in total. The van der Waals surface area contributed by atoms with Gasteiger partial charge >= 0.3 is 0 Å². The van der Waals surface area contributed by atoms with Crippen LogP contribution in [0.2, 0.25) is 0 Å². The maximum atomic E-state index is 3.60. The van der Waals surface area contributed by atoms with Crippen molar-refractivity contribution in [1.82, 2.24) is 10.2 Å². The highest BCUT2D eigenvalue weighted by Gasteiger charge is 2.27. The second-order valence-corrected chi connectivity index (χ2v) is 7.70. The molecule has 0 aromatic carbocycles. The molecule has 1 atom stereocenters. The molecule has 1 saturated carbocycles. The molecule has 0 radical (unpaired) electrons. The Balaban J connectivity index is 1.53. The van der Waals surface area contributed by atoms with E-state index in [1.54, 1.807) is 4.88 Å². The van der Waals surface area contributed by atoms with E-state index in [4.69, 9.17) is 0 Å². The fourth-order valence-electron chi connectivity index (χ4n) is 3.14. The Morgan fingerprint density at radius 2 is 2.05 bits per heavy atom. The van der Waals surface area contributed by atoms with E-state index >= 15 is 0 Å². The Bertz CT molecular complexity index is 409. The van der Waals surface area contributed by atoms with E-state index in [9.17, 15) is 0 Å². The largest absolute Gasteiger partial charge is 0.309 e. The Labute approximate surface area is 121 Å². The summed E-state index contributed by atoms with van der Waals surface area (Å²) in [6.45, 7) is 8.25. The number of thiophene rings is 1. The van der Waals surface area contributed by atoms with Crippen molar-refractivity contribution in [2.45, 2.75) is 64.7 Å². The maximum Gasteiger partial charge on any atom is 0.0331 e. The van der Waals surface area contributed by atoms with Crippen molar-refractivity contribution >= 4 is 11.3 Å². The van der Waals surface area contributed by atoms with E-state index < -0.39 is 0 Å². The van der Waals surface area contributed by atoms with Gasteiger partial charge in [0.15, 0.2) is 0 Å². The van der Waals surface area contributed by atoms with Gasteiger partial charge in [0.25, 0.3) is 0 Å². The summed E-state index contributed by atoms with van der Waals surface area (Å²) in [5, 5.41) is 3.60. The van der Waals surface area contributed by atoms with Crippen molar-refractivity contribution in [3.05, 3.63) is 21.9 Å². The van der Waals surface area contributed by atoms with Crippen molar-refractivity contribution in [2.24, 2.45) is 5.92 Å². The molecule has 1 aliphatic heterocycles. The first-order chi connectivity index (χ1) is 9.22. The highest BCUT2D eigenvalue weighted by molar-refractivity contribution is 7.11. The summed E-state index contributed by atoms with van der Waals surface area (Å²) in [6.07, 6.45) is 5.52. The third-order valence-corrected chi connectivity index (χ3v) is 5.47. The van der Waals surface area contributed by atoms with Gasteiger partial charge in [0, 0.05) is 34.9 Å². The smallest absolute Gasteiger partial charge is 0.0331 e. The molecule has 3 rings (SSSR count). The van der Waals surface area contributed by atoms with Gasteiger partial charge in [0.2, 0.25) is 0 Å². The molecule has 1 unspecified atom stereocenters. The summed E-state index contributed by atoms with van der Waals surface area (Å²) in [5.74, 6) is 0.790. The van der Waals surface area contributed by atoms with Crippen LogP contribution in [-0.4, -0.2) is 23.5 Å². The van der Waals surface area contributed by atoms with Gasteiger partial charge in [-0.15, -0.1) is 11.3 Å². The van der Waals surface area contributed by atoms with Crippen molar-refractivity contribution in [3.8, 4) is 0 Å². The van der Waals surface area contributed by atoms with E-state index in [0.717, 1.165) is 31.1 Å². The van der Waals surface area contributed by atoms with E-state index in [0.29, 0.717) is 0 Å². The summed E-state index contributed by atoms with van der Waals surface area (Å²) in [6, 6.07) is 6.27. The molecule has 106 valence electrons. The lowest BCUT2D eigenvalue weighted by Crippen LogP contribution is -2.32. The minimum Gasteiger partial charge on any atom is -0.309 e. The third-order valence-electron chi connectivity index (χ3n) is 4.40. The summed E-state index contributed by atoms with van der Waals surface area (Å²) in [7, 11) is 0. The summed E-state index contributed by atoms with van der Waals surface area (Å²) < 4.78 is 0. The summed E-state index contributed by atoms with van der Waals surface area (Å²) >= 11 is 2.00. The fourth-order valence-corrected chi connectivity index (χ4v) is 4.13. The molecule has 1 aromatic heterocycles. The topological polar surface area (TPSA) is 15.3 Å². The maximum absolute atomic E-state index is 3.60. The van der Waals surface area contributed by atoms with Crippen LogP contribution < -0.4 is 5.32 Å². The minimum atomic E-state index is 0.790. The monoisotopic (exact) mass is 278 g/mol. The molecular weight excluding hydrogens is 252 g/mol. The van der Waals surface area contributed by atoms with Crippen LogP contribution in [0.1, 0.15) is 49.3 Å². The van der Waals surface area contributed by atoms with Gasteiger partial charge in [-0.05, 0) is 50.3 Å². The summed E-state index contributed by atoms with van der Waals surface area (Å²) in [4.78, 5) is 5.73. The van der Waals surface area contributed by atoms with Crippen molar-refractivity contribution < 1.29 is 0 Å². The SMILES string of the molecule is CC(C)C1CCCN1Cc1ccc(CNC2CC2)s1. The molecule has 1 N–H and O–H groups in total. The lowest BCUT2D eigenvalue weighted by molar-refractivity contribution is 0.200. The Kier molecular flexibility index (Phi) is 4.25. The van der Waals surface area contributed by atoms with Crippen LogP contribution in [0.25, 0.3) is 0 Å². The molecule has 0 amide bonds. The highest BCUT2D eigenvalue weighted by atomic mass is 32.1. The molecule has 1 aromatic rings. The van der Waals surface area contributed by atoms with Crippen LogP contribution in [0.3, 0.4) is 0 Å². The predicted octanol–water partition coefficient (Wildman–Crippen LogP) is 3.62. The van der Waals surface area contributed by atoms with Gasteiger partial charge in [-0.25, -0.2) is 0 Å². The third kappa shape index (κ3) is 3.59. The molecule has 19 heavy (non-hydrogen) atoms. The molecule has 1 aliphatic carbocycles. The fraction of sp³-hybridized carbons (Fsp3) is 0.750. The minimum absolute atomic E-state index is 0.790. The lowest BCUT2D eigenvalue weighted by Gasteiger charge is -2.26. The number of hydrogen-bond donors (Lipinski definition) is 1. The van der Waals surface area contributed by atoms with Crippen LogP contribution in [0, 0.1) is 5.92 Å². The second-order valence-electron chi connectivity index (χ2n) is 6.45. The average molecular weight is 278 g/mol. The molecule has 2 heterocycles. The summed E-state index contributed by atoms with van der Waals surface area (Å²) in [5.41, 5.74) is 0.